The second-order valence-electron chi connectivity index (χ2n) is 4.97. The Morgan fingerprint density at radius 3 is 3.25 bits per heavy atom. The molecule has 20 heavy (non-hydrogen) atoms. The SMILES string of the molecule is O=C(CC1CNCCO1)NCc1ccc2sccc2c1. The molecular formula is C15H18N2O2S. The van der Waals surface area contributed by atoms with Gasteiger partial charge in [-0.3, -0.25) is 4.79 Å². The normalized spacial score (nSPS) is 19.1. The van der Waals surface area contributed by atoms with E-state index in [1.165, 1.54) is 10.1 Å². The second kappa shape index (κ2) is 6.35. The molecule has 1 saturated heterocycles. The lowest BCUT2D eigenvalue weighted by molar-refractivity contribution is -0.124. The molecule has 0 aliphatic carbocycles. The van der Waals surface area contributed by atoms with Crippen molar-refractivity contribution in [1.29, 1.82) is 0 Å². The molecule has 1 atom stereocenters. The van der Waals surface area contributed by atoms with Gasteiger partial charge in [0.1, 0.15) is 0 Å². The van der Waals surface area contributed by atoms with E-state index in [2.05, 4.69) is 40.3 Å². The summed E-state index contributed by atoms with van der Waals surface area (Å²) in [6.45, 7) is 2.89. The summed E-state index contributed by atoms with van der Waals surface area (Å²) < 4.78 is 6.81. The standard InChI is InChI=1S/C15H18N2O2S/c18-15(8-13-10-16-4-5-19-13)17-9-11-1-2-14-12(7-11)3-6-20-14/h1-3,6-7,13,16H,4-5,8-10H2,(H,17,18). The van der Waals surface area contributed by atoms with Crippen LogP contribution in [0.4, 0.5) is 0 Å². The Hall–Kier alpha value is -1.43. The second-order valence-corrected chi connectivity index (χ2v) is 5.92. The van der Waals surface area contributed by atoms with Crippen LogP contribution in [-0.2, 0) is 16.1 Å². The number of nitrogens with one attached hydrogen (secondary N) is 2. The van der Waals surface area contributed by atoms with Crippen molar-refractivity contribution in [1.82, 2.24) is 10.6 Å². The number of benzene rings is 1. The van der Waals surface area contributed by atoms with Crippen molar-refractivity contribution in [2.45, 2.75) is 19.1 Å². The van der Waals surface area contributed by atoms with Crippen LogP contribution in [0.3, 0.4) is 0 Å². The highest BCUT2D eigenvalue weighted by Crippen LogP contribution is 2.21. The maximum Gasteiger partial charge on any atom is 0.222 e. The topological polar surface area (TPSA) is 50.4 Å². The van der Waals surface area contributed by atoms with Gasteiger partial charge in [0.15, 0.2) is 0 Å². The third-order valence-corrected chi connectivity index (χ3v) is 4.32. The van der Waals surface area contributed by atoms with Crippen LogP contribution in [0.5, 0.6) is 0 Å². The van der Waals surface area contributed by atoms with E-state index in [4.69, 9.17) is 4.74 Å². The van der Waals surface area contributed by atoms with E-state index in [0.29, 0.717) is 19.6 Å². The van der Waals surface area contributed by atoms with E-state index in [-0.39, 0.29) is 12.0 Å². The summed E-state index contributed by atoms with van der Waals surface area (Å²) in [5.74, 6) is 0.0455. The van der Waals surface area contributed by atoms with Gasteiger partial charge < -0.3 is 15.4 Å². The van der Waals surface area contributed by atoms with Gasteiger partial charge in [0.25, 0.3) is 0 Å². The Morgan fingerprint density at radius 1 is 1.45 bits per heavy atom. The minimum absolute atomic E-state index is 0.00287. The average molecular weight is 290 g/mol. The summed E-state index contributed by atoms with van der Waals surface area (Å²) in [5.41, 5.74) is 1.13. The molecule has 0 spiro atoms. The van der Waals surface area contributed by atoms with Crippen LogP contribution >= 0.6 is 11.3 Å². The van der Waals surface area contributed by atoms with Crippen molar-refractivity contribution < 1.29 is 9.53 Å². The third-order valence-electron chi connectivity index (χ3n) is 3.42. The maximum atomic E-state index is 11.9. The van der Waals surface area contributed by atoms with E-state index >= 15 is 0 Å². The lowest BCUT2D eigenvalue weighted by atomic mass is 10.1. The molecular weight excluding hydrogens is 272 g/mol. The van der Waals surface area contributed by atoms with Crippen LogP contribution in [0.2, 0.25) is 0 Å². The number of ether oxygens (including phenoxy) is 1. The highest BCUT2D eigenvalue weighted by molar-refractivity contribution is 7.17. The number of carbonyl (C=O) groups excluding carboxylic acids is 1. The summed E-state index contributed by atoms with van der Waals surface area (Å²) in [5, 5.41) is 9.51. The molecule has 0 bridgehead atoms. The van der Waals surface area contributed by atoms with Gasteiger partial charge in [-0.1, -0.05) is 6.07 Å². The number of amides is 1. The van der Waals surface area contributed by atoms with Gasteiger partial charge in [0.2, 0.25) is 5.91 Å². The molecule has 1 unspecified atom stereocenters. The molecule has 5 heteroatoms. The van der Waals surface area contributed by atoms with Gasteiger partial charge in [-0.2, -0.15) is 0 Å². The van der Waals surface area contributed by atoms with Crippen molar-refractivity contribution >= 4 is 27.3 Å². The summed E-state index contributed by atoms with van der Waals surface area (Å²) >= 11 is 1.73. The molecule has 2 aromatic rings. The smallest absolute Gasteiger partial charge is 0.222 e. The predicted molar refractivity (Wildman–Crippen MR) is 80.9 cm³/mol. The van der Waals surface area contributed by atoms with Gasteiger partial charge in [0.05, 0.1) is 19.1 Å². The Labute approximate surface area is 122 Å². The van der Waals surface area contributed by atoms with Gasteiger partial charge in [-0.25, -0.2) is 0 Å². The Kier molecular flexibility index (Phi) is 4.30. The zero-order valence-corrected chi connectivity index (χ0v) is 12.0. The molecule has 3 rings (SSSR count). The Morgan fingerprint density at radius 2 is 2.40 bits per heavy atom. The molecule has 0 saturated carbocycles. The minimum Gasteiger partial charge on any atom is -0.375 e. The Bertz CT molecular complexity index is 590. The van der Waals surface area contributed by atoms with Crippen molar-refractivity contribution in [2.24, 2.45) is 0 Å². The van der Waals surface area contributed by atoms with E-state index < -0.39 is 0 Å². The first-order valence-electron chi connectivity index (χ1n) is 6.86. The number of hydrogen-bond donors (Lipinski definition) is 2. The molecule has 1 aromatic heterocycles. The molecule has 2 heterocycles. The van der Waals surface area contributed by atoms with Crippen LogP contribution in [0.15, 0.2) is 29.6 Å². The van der Waals surface area contributed by atoms with Gasteiger partial charge in [-0.15, -0.1) is 11.3 Å². The summed E-state index contributed by atoms with van der Waals surface area (Å²) in [6.07, 6.45) is 0.427. The summed E-state index contributed by atoms with van der Waals surface area (Å²) in [4.78, 5) is 11.9. The van der Waals surface area contributed by atoms with E-state index in [9.17, 15) is 4.79 Å². The first-order valence-corrected chi connectivity index (χ1v) is 7.74. The number of thiophene rings is 1. The number of fused-ring (bicyclic) bond motifs is 1. The number of carbonyl (C=O) groups is 1. The Balaban J connectivity index is 1.51. The van der Waals surface area contributed by atoms with E-state index in [0.717, 1.165) is 18.7 Å². The quantitative estimate of drug-likeness (QED) is 0.904. The van der Waals surface area contributed by atoms with E-state index in [1.54, 1.807) is 11.3 Å². The van der Waals surface area contributed by atoms with Crippen LogP contribution < -0.4 is 10.6 Å². The molecule has 1 aromatic carbocycles. The van der Waals surface area contributed by atoms with Crippen LogP contribution in [-0.4, -0.2) is 31.7 Å². The average Bonchev–Trinajstić information content (AvgIpc) is 2.93. The summed E-state index contributed by atoms with van der Waals surface area (Å²) in [7, 11) is 0. The van der Waals surface area contributed by atoms with Crippen LogP contribution in [0, 0.1) is 0 Å². The molecule has 1 aliphatic rings. The van der Waals surface area contributed by atoms with Gasteiger partial charge in [0, 0.05) is 24.3 Å². The largest absolute Gasteiger partial charge is 0.375 e. The zero-order valence-electron chi connectivity index (χ0n) is 11.2. The fourth-order valence-corrected chi connectivity index (χ4v) is 3.13. The van der Waals surface area contributed by atoms with Crippen LogP contribution in [0.25, 0.3) is 10.1 Å². The van der Waals surface area contributed by atoms with Crippen molar-refractivity contribution in [2.75, 3.05) is 19.7 Å². The molecule has 1 fully saturated rings. The fourth-order valence-electron chi connectivity index (χ4n) is 2.36. The van der Waals surface area contributed by atoms with E-state index in [1.807, 2.05) is 0 Å². The lowest BCUT2D eigenvalue weighted by Crippen LogP contribution is -2.41. The first-order chi connectivity index (χ1) is 9.81. The number of morpholine rings is 1. The maximum absolute atomic E-state index is 11.9. The molecule has 0 radical (unpaired) electrons. The van der Waals surface area contributed by atoms with Gasteiger partial charge >= 0.3 is 0 Å². The summed E-state index contributed by atoms with van der Waals surface area (Å²) in [6, 6.07) is 8.41. The van der Waals surface area contributed by atoms with Gasteiger partial charge in [-0.05, 0) is 34.5 Å². The fraction of sp³-hybridized carbons (Fsp3) is 0.400. The van der Waals surface area contributed by atoms with Crippen LogP contribution in [0.1, 0.15) is 12.0 Å². The lowest BCUT2D eigenvalue weighted by Gasteiger charge is -2.23. The molecule has 4 nitrogen and oxygen atoms in total. The monoisotopic (exact) mass is 290 g/mol. The zero-order chi connectivity index (χ0) is 13.8. The molecule has 106 valence electrons. The number of hydrogen-bond acceptors (Lipinski definition) is 4. The third kappa shape index (κ3) is 3.36. The first kappa shape index (κ1) is 13.5. The highest BCUT2D eigenvalue weighted by atomic mass is 32.1. The minimum atomic E-state index is 0.00287. The van der Waals surface area contributed by atoms with Crippen molar-refractivity contribution in [3.05, 3.63) is 35.2 Å². The van der Waals surface area contributed by atoms with Crippen molar-refractivity contribution in [3.8, 4) is 0 Å². The highest BCUT2D eigenvalue weighted by Gasteiger charge is 2.16. The number of rotatable bonds is 4. The molecule has 1 aliphatic heterocycles. The molecule has 1 amide bonds. The molecule has 2 N–H and O–H groups in total. The predicted octanol–water partition coefficient (Wildman–Crippen LogP) is 1.90. The van der Waals surface area contributed by atoms with Crippen molar-refractivity contribution in [3.63, 3.8) is 0 Å².